The van der Waals surface area contributed by atoms with Gasteiger partial charge in [-0.25, -0.2) is 9.79 Å². The molecule has 2 aromatic carbocycles. The van der Waals surface area contributed by atoms with E-state index in [1.54, 1.807) is 43.5 Å². The zero-order valence-electron chi connectivity index (χ0n) is 13.7. The summed E-state index contributed by atoms with van der Waals surface area (Å²) in [6.07, 6.45) is 1.60. The van der Waals surface area contributed by atoms with Crippen molar-refractivity contribution < 1.29 is 19.0 Å². The Morgan fingerprint density at radius 2 is 1.88 bits per heavy atom. The van der Waals surface area contributed by atoms with Gasteiger partial charge in [0.15, 0.2) is 17.2 Å². The van der Waals surface area contributed by atoms with Crippen LogP contribution in [-0.2, 0) is 9.53 Å². The van der Waals surface area contributed by atoms with Gasteiger partial charge in [0.2, 0.25) is 5.90 Å². The standard InChI is InChI=1S/C18H12BrCl2NO4/c1-24-15-7-9(5-11(19)16(15)25-2)6-14-18(23)26-17(22-14)10-3-4-12(20)13(21)8-10/h3-8H,1-2H3/b14-6-. The third-order valence-corrected chi connectivity index (χ3v) is 4.87. The highest BCUT2D eigenvalue weighted by Gasteiger charge is 2.25. The summed E-state index contributed by atoms with van der Waals surface area (Å²) in [6.45, 7) is 0. The average Bonchev–Trinajstić information content (AvgIpc) is 2.97. The lowest BCUT2D eigenvalue weighted by Gasteiger charge is -2.10. The molecule has 26 heavy (non-hydrogen) atoms. The average molecular weight is 457 g/mol. The van der Waals surface area contributed by atoms with E-state index in [1.807, 2.05) is 0 Å². The fraction of sp³-hybridized carbons (Fsp3) is 0.111. The molecule has 5 nitrogen and oxygen atoms in total. The first-order valence-electron chi connectivity index (χ1n) is 7.32. The number of carbonyl (C=O) groups is 1. The summed E-state index contributed by atoms with van der Waals surface area (Å²) in [5, 5.41) is 0.760. The predicted octanol–water partition coefficient (Wildman–Crippen LogP) is 5.12. The summed E-state index contributed by atoms with van der Waals surface area (Å²) in [6, 6.07) is 8.40. The monoisotopic (exact) mass is 455 g/mol. The number of nitrogens with zero attached hydrogens (tertiary/aromatic N) is 1. The second-order valence-electron chi connectivity index (χ2n) is 5.20. The lowest BCUT2D eigenvalue weighted by atomic mass is 10.1. The Morgan fingerprint density at radius 1 is 1.12 bits per heavy atom. The minimum absolute atomic E-state index is 0.158. The summed E-state index contributed by atoms with van der Waals surface area (Å²) in [7, 11) is 3.08. The first-order chi connectivity index (χ1) is 12.4. The molecule has 0 radical (unpaired) electrons. The Labute approximate surface area is 168 Å². The van der Waals surface area contributed by atoms with E-state index in [2.05, 4.69) is 20.9 Å². The van der Waals surface area contributed by atoms with E-state index in [-0.39, 0.29) is 11.6 Å². The molecule has 0 N–H and O–H groups in total. The number of benzene rings is 2. The molecule has 0 spiro atoms. The number of hydrogen-bond acceptors (Lipinski definition) is 5. The van der Waals surface area contributed by atoms with Gasteiger partial charge in [-0.3, -0.25) is 0 Å². The minimum atomic E-state index is -0.558. The number of methoxy groups -OCH3 is 2. The van der Waals surface area contributed by atoms with E-state index in [0.717, 1.165) is 0 Å². The quantitative estimate of drug-likeness (QED) is 0.473. The van der Waals surface area contributed by atoms with Crippen LogP contribution in [0.25, 0.3) is 6.08 Å². The maximum Gasteiger partial charge on any atom is 0.363 e. The summed E-state index contributed by atoms with van der Waals surface area (Å²) in [4.78, 5) is 16.4. The first-order valence-corrected chi connectivity index (χ1v) is 8.87. The third-order valence-electron chi connectivity index (χ3n) is 3.55. The van der Waals surface area contributed by atoms with Crippen LogP contribution in [0.1, 0.15) is 11.1 Å². The van der Waals surface area contributed by atoms with E-state index in [1.165, 1.54) is 7.11 Å². The topological polar surface area (TPSA) is 57.1 Å². The van der Waals surface area contributed by atoms with Crippen LogP contribution in [0.2, 0.25) is 10.0 Å². The highest BCUT2D eigenvalue weighted by molar-refractivity contribution is 9.10. The van der Waals surface area contributed by atoms with E-state index in [0.29, 0.717) is 37.1 Å². The van der Waals surface area contributed by atoms with Crippen LogP contribution in [-0.4, -0.2) is 26.1 Å². The third kappa shape index (κ3) is 3.72. The van der Waals surface area contributed by atoms with Crippen molar-refractivity contribution in [1.29, 1.82) is 0 Å². The van der Waals surface area contributed by atoms with Crippen molar-refractivity contribution >= 4 is 57.1 Å². The van der Waals surface area contributed by atoms with Crippen molar-refractivity contribution in [3.8, 4) is 11.5 Å². The van der Waals surface area contributed by atoms with Crippen molar-refractivity contribution in [2.75, 3.05) is 14.2 Å². The van der Waals surface area contributed by atoms with Gasteiger partial charge in [0.1, 0.15) is 0 Å². The molecule has 0 atom stereocenters. The molecule has 3 rings (SSSR count). The van der Waals surface area contributed by atoms with Gasteiger partial charge < -0.3 is 14.2 Å². The summed E-state index contributed by atoms with van der Waals surface area (Å²) >= 11 is 15.3. The number of esters is 1. The van der Waals surface area contributed by atoms with Crippen LogP contribution in [0.3, 0.4) is 0 Å². The lowest BCUT2D eigenvalue weighted by molar-refractivity contribution is -0.129. The van der Waals surface area contributed by atoms with Gasteiger partial charge in [-0.1, -0.05) is 23.2 Å². The number of halogens is 3. The molecule has 1 heterocycles. The molecule has 0 saturated heterocycles. The Kier molecular flexibility index (Phi) is 5.55. The molecule has 2 aromatic rings. The molecule has 0 fully saturated rings. The number of ether oxygens (including phenoxy) is 3. The maximum atomic E-state index is 12.1. The molecule has 1 aliphatic rings. The van der Waals surface area contributed by atoms with Crippen molar-refractivity contribution in [3.05, 3.63) is 61.7 Å². The molecule has 0 aliphatic carbocycles. The number of aliphatic imine (C=N–C) groups is 1. The fourth-order valence-corrected chi connectivity index (χ4v) is 3.26. The highest BCUT2D eigenvalue weighted by Crippen LogP contribution is 2.37. The van der Waals surface area contributed by atoms with Gasteiger partial charge in [-0.05, 0) is 57.9 Å². The Hall–Kier alpha value is -2.02. The Balaban J connectivity index is 1.98. The van der Waals surface area contributed by atoms with E-state index in [4.69, 9.17) is 37.4 Å². The van der Waals surface area contributed by atoms with Crippen LogP contribution in [0.4, 0.5) is 0 Å². The smallest absolute Gasteiger partial charge is 0.363 e. The molecular formula is C18H12BrCl2NO4. The van der Waals surface area contributed by atoms with Gasteiger partial charge in [-0.2, -0.15) is 0 Å². The van der Waals surface area contributed by atoms with Gasteiger partial charge in [0.05, 0.1) is 28.7 Å². The van der Waals surface area contributed by atoms with Crippen molar-refractivity contribution in [3.63, 3.8) is 0 Å². The van der Waals surface area contributed by atoms with Gasteiger partial charge in [-0.15, -0.1) is 0 Å². The normalized spacial score (nSPS) is 15.0. The second-order valence-corrected chi connectivity index (χ2v) is 6.87. The molecule has 0 aromatic heterocycles. The molecular weight excluding hydrogens is 445 g/mol. The van der Waals surface area contributed by atoms with Gasteiger partial charge in [0.25, 0.3) is 0 Å². The largest absolute Gasteiger partial charge is 0.493 e. The second kappa shape index (κ2) is 7.70. The molecule has 0 bridgehead atoms. The summed E-state index contributed by atoms with van der Waals surface area (Å²) in [5.74, 6) is 0.689. The number of rotatable bonds is 4. The van der Waals surface area contributed by atoms with Crippen molar-refractivity contribution in [2.24, 2.45) is 4.99 Å². The Bertz CT molecular complexity index is 956. The highest BCUT2D eigenvalue weighted by atomic mass is 79.9. The van der Waals surface area contributed by atoms with E-state index >= 15 is 0 Å². The molecule has 8 heteroatoms. The van der Waals surface area contributed by atoms with E-state index in [9.17, 15) is 4.79 Å². The molecule has 134 valence electrons. The van der Waals surface area contributed by atoms with E-state index < -0.39 is 5.97 Å². The molecule has 0 amide bonds. The maximum absolute atomic E-state index is 12.1. The van der Waals surface area contributed by atoms with Crippen molar-refractivity contribution in [2.45, 2.75) is 0 Å². The zero-order chi connectivity index (χ0) is 18.8. The number of cyclic esters (lactones) is 1. The Morgan fingerprint density at radius 3 is 2.54 bits per heavy atom. The van der Waals surface area contributed by atoms with Gasteiger partial charge >= 0.3 is 5.97 Å². The van der Waals surface area contributed by atoms with Crippen LogP contribution >= 0.6 is 39.1 Å². The lowest BCUT2D eigenvalue weighted by Crippen LogP contribution is -2.05. The predicted molar refractivity (Wildman–Crippen MR) is 104 cm³/mol. The number of carbonyl (C=O) groups excluding carboxylic acids is 1. The summed E-state index contributed by atoms with van der Waals surface area (Å²) in [5.41, 5.74) is 1.41. The molecule has 1 aliphatic heterocycles. The summed E-state index contributed by atoms with van der Waals surface area (Å²) < 4.78 is 16.5. The van der Waals surface area contributed by atoms with Crippen LogP contribution in [0, 0.1) is 0 Å². The van der Waals surface area contributed by atoms with Crippen molar-refractivity contribution in [1.82, 2.24) is 0 Å². The first kappa shape index (κ1) is 18.8. The zero-order valence-corrected chi connectivity index (χ0v) is 16.8. The number of hydrogen-bond donors (Lipinski definition) is 0. The molecule has 0 saturated carbocycles. The van der Waals surface area contributed by atoms with Gasteiger partial charge in [0, 0.05) is 5.56 Å². The van der Waals surface area contributed by atoms with Crippen LogP contribution < -0.4 is 9.47 Å². The fourth-order valence-electron chi connectivity index (χ4n) is 2.34. The van der Waals surface area contributed by atoms with Crippen LogP contribution in [0.15, 0.2) is 45.5 Å². The minimum Gasteiger partial charge on any atom is -0.493 e. The van der Waals surface area contributed by atoms with Crippen LogP contribution in [0.5, 0.6) is 11.5 Å². The SMILES string of the molecule is COc1cc(/C=C2\N=C(c3ccc(Cl)c(Cl)c3)OC2=O)cc(Br)c1OC. The molecule has 0 unspecified atom stereocenters.